The summed E-state index contributed by atoms with van der Waals surface area (Å²) in [4.78, 5) is 34.2. The van der Waals surface area contributed by atoms with Crippen LogP contribution in [-0.4, -0.2) is 52.7 Å². The summed E-state index contributed by atoms with van der Waals surface area (Å²) in [6, 6.07) is 1.21. The minimum atomic E-state index is -0.718. The van der Waals surface area contributed by atoms with Crippen LogP contribution in [0.5, 0.6) is 0 Å². The van der Waals surface area contributed by atoms with E-state index in [1.54, 1.807) is 27.7 Å². The van der Waals surface area contributed by atoms with Gasteiger partial charge in [-0.25, -0.2) is 14.8 Å². The van der Waals surface area contributed by atoms with E-state index in [1.165, 1.54) is 12.4 Å². The minimum Gasteiger partial charge on any atom is -0.444 e. The molecule has 0 saturated carbocycles. The topological polar surface area (TPSA) is 120 Å². The normalized spacial score (nSPS) is 18.0. The van der Waals surface area contributed by atoms with Crippen molar-refractivity contribution in [2.45, 2.75) is 51.8 Å². The molecule has 9 heteroatoms. The van der Waals surface area contributed by atoms with Gasteiger partial charge in [-0.3, -0.25) is 4.79 Å². The SMILES string of the molecule is C[C@H](NC(=O)OC(C)(C)C)C(=O)N[C@H]1CCN(c2nccnc2C#N)C1. The van der Waals surface area contributed by atoms with Gasteiger partial charge in [-0.15, -0.1) is 0 Å². The standard InChI is InChI=1S/C17H24N6O3/c1-11(21-16(25)26-17(2,3)4)15(24)22-12-5-8-23(10-12)14-13(9-18)19-6-7-20-14/h6-7,11-12H,5,8,10H2,1-4H3,(H,21,25)(H,22,24)/t11-,12-/m0/s1. The summed E-state index contributed by atoms with van der Waals surface area (Å²) in [5, 5.41) is 14.5. The highest BCUT2D eigenvalue weighted by molar-refractivity contribution is 5.85. The van der Waals surface area contributed by atoms with Crippen molar-refractivity contribution in [2.24, 2.45) is 0 Å². The first kappa shape index (κ1) is 19.4. The van der Waals surface area contributed by atoms with Gasteiger partial charge in [-0.05, 0) is 34.1 Å². The molecule has 0 spiro atoms. The zero-order valence-electron chi connectivity index (χ0n) is 15.4. The molecule has 2 atom stereocenters. The zero-order chi connectivity index (χ0) is 19.3. The first-order valence-corrected chi connectivity index (χ1v) is 8.45. The molecule has 1 aromatic rings. The molecule has 0 radical (unpaired) electrons. The van der Waals surface area contributed by atoms with Gasteiger partial charge in [0.1, 0.15) is 17.7 Å². The number of carbonyl (C=O) groups excluding carboxylic acids is 2. The van der Waals surface area contributed by atoms with Crippen LogP contribution in [-0.2, 0) is 9.53 Å². The number of alkyl carbamates (subject to hydrolysis) is 1. The number of nitriles is 1. The molecule has 2 rings (SSSR count). The molecule has 1 aliphatic rings. The van der Waals surface area contributed by atoms with Crippen LogP contribution in [0.1, 0.15) is 39.8 Å². The van der Waals surface area contributed by atoms with Crippen LogP contribution in [0.25, 0.3) is 0 Å². The summed E-state index contributed by atoms with van der Waals surface area (Å²) in [5.41, 5.74) is -0.360. The number of amides is 2. The number of hydrogen-bond acceptors (Lipinski definition) is 7. The molecule has 1 aliphatic heterocycles. The molecule has 26 heavy (non-hydrogen) atoms. The fourth-order valence-electron chi connectivity index (χ4n) is 2.59. The molecule has 2 amide bonds. The van der Waals surface area contributed by atoms with E-state index < -0.39 is 17.7 Å². The number of nitrogens with one attached hydrogen (secondary N) is 2. The highest BCUT2D eigenvalue weighted by Crippen LogP contribution is 2.20. The number of nitrogens with zero attached hydrogens (tertiary/aromatic N) is 4. The Balaban J connectivity index is 1.87. The Hall–Kier alpha value is -2.89. The zero-order valence-corrected chi connectivity index (χ0v) is 15.4. The molecule has 2 N–H and O–H groups in total. The Morgan fingerprint density at radius 3 is 2.73 bits per heavy atom. The second-order valence-electron chi connectivity index (χ2n) is 7.15. The maximum absolute atomic E-state index is 12.3. The highest BCUT2D eigenvalue weighted by Gasteiger charge is 2.28. The van der Waals surface area contributed by atoms with Gasteiger partial charge in [0.05, 0.1) is 0 Å². The van der Waals surface area contributed by atoms with E-state index in [0.29, 0.717) is 25.3 Å². The van der Waals surface area contributed by atoms with E-state index in [4.69, 9.17) is 10.00 Å². The summed E-state index contributed by atoms with van der Waals surface area (Å²) in [6.45, 7) is 8.05. The van der Waals surface area contributed by atoms with Crippen molar-refractivity contribution in [1.82, 2.24) is 20.6 Å². The van der Waals surface area contributed by atoms with Crippen LogP contribution in [0.3, 0.4) is 0 Å². The summed E-state index contributed by atoms with van der Waals surface area (Å²) in [5.74, 6) is 0.231. The number of aromatic nitrogens is 2. The van der Waals surface area contributed by atoms with Crippen molar-refractivity contribution in [2.75, 3.05) is 18.0 Å². The first-order valence-electron chi connectivity index (χ1n) is 8.45. The summed E-state index contributed by atoms with van der Waals surface area (Å²) in [6.07, 6.45) is 3.09. The van der Waals surface area contributed by atoms with Gasteiger partial charge in [0.2, 0.25) is 5.91 Å². The van der Waals surface area contributed by atoms with Gasteiger partial charge in [0.15, 0.2) is 11.5 Å². The molecule has 2 heterocycles. The molecule has 0 aliphatic carbocycles. The number of anilines is 1. The minimum absolute atomic E-state index is 0.0982. The molecule has 0 bridgehead atoms. The van der Waals surface area contributed by atoms with E-state index in [9.17, 15) is 9.59 Å². The van der Waals surface area contributed by atoms with Crippen molar-refractivity contribution >= 4 is 17.8 Å². The number of rotatable bonds is 4. The van der Waals surface area contributed by atoms with Crippen LogP contribution in [0, 0.1) is 11.3 Å². The third-order valence-corrected chi connectivity index (χ3v) is 3.75. The fraction of sp³-hybridized carbons (Fsp3) is 0.588. The summed E-state index contributed by atoms with van der Waals surface area (Å²) < 4.78 is 5.14. The number of hydrogen-bond donors (Lipinski definition) is 2. The van der Waals surface area contributed by atoms with E-state index in [-0.39, 0.29) is 17.6 Å². The van der Waals surface area contributed by atoms with Gasteiger partial charge in [0.25, 0.3) is 0 Å². The van der Waals surface area contributed by atoms with E-state index in [0.717, 1.165) is 0 Å². The van der Waals surface area contributed by atoms with Crippen LogP contribution in [0.2, 0.25) is 0 Å². The van der Waals surface area contributed by atoms with Gasteiger partial charge in [-0.1, -0.05) is 0 Å². The number of ether oxygens (including phenoxy) is 1. The largest absolute Gasteiger partial charge is 0.444 e. The van der Waals surface area contributed by atoms with Gasteiger partial charge in [-0.2, -0.15) is 5.26 Å². The quantitative estimate of drug-likeness (QED) is 0.820. The molecular weight excluding hydrogens is 336 g/mol. The second kappa shape index (κ2) is 7.99. The molecule has 9 nitrogen and oxygen atoms in total. The maximum atomic E-state index is 12.3. The van der Waals surface area contributed by atoms with Gasteiger partial charge >= 0.3 is 6.09 Å². The third-order valence-electron chi connectivity index (χ3n) is 3.75. The first-order chi connectivity index (χ1) is 12.2. The molecule has 1 saturated heterocycles. The fourth-order valence-corrected chi connectivity index (χ4v) is 2.59. The Morgan fingerprint density at radius 2 is 2.08 bits per heavy atom. The Labute approximate surface area is 152 Å². The smallest absolute Gasteiger partial charge is 0.408 e. The van der Waals surface area contributed by atoms with Gasteiger partial charge in [0, 0.05) is 31.5 Å². The monoisotopic (exact) mass is 360 g/mol. The van der Waals surface area contributed by atoms with Crippen molar-refractivity contribution < 1.29 is 14.3 Å². The molecular formula is C17H24N6O3. The average Bonchev–Trinajstić information content (AvgIpc) is 3.01. The third kappa shape index (κ3) is 5.31. The lowest BCUT2D eigenvalue weighted by Gasteiger charge is -2.23. The van der Waals surface area contributed by atoms with Crippen LogP contribution < -0.4 is 15.5 Å². The molecule has 1 aromatic heterocycles. The summed E-state index contributed by atoms with van der Waals surface area (Å²) in [7, 11) is 0. The lowest BCUT2D eigenvalue weighted by Crippen LogP contribution is -2.49. The van der Waals surface area contributed by atoms with Gasteiger partial charge < -0.3 is 20.3 Å². The van der Waals surface area contributed by atoms with Crippen molar-refractivity contribution in [3.63, 3.8) is 0 Å². The maximum Gasteiger partial charge on any atom is 0.408 e. The predicted octanol–water partition coefficient (Wildman–Crippen LogP) is 0.956. The van der Waals surface area contributed by atoms with Crippen LogP contribution >= 0.6 is 0 Å². The predicted molar refractivity (Wildman–Crippen MR) is 94.3 cm³/mol. The van der Waals surface area contributed by atoms with Crippen LogP contribution in [0.15, 0.2) is 12.4 Å². The Morgan fingerprint density at radius 1 is 1.38 bits per heavy atom. The molecule has 0 aromatic carbocycles. The Kier molecular flexibility index (Phi) is 5.97. The number of carbonyl (C=O) groups is 2. The van der Waals surface area contributed by atoms with Crippen molar-refractivity contribution in [3.8, 4) is 6.07 Å². The van der Waals surface area contributed by atoms with E-state index in [2.05, 4.69) is 20.6 Å². The van der Waals surface area contributed by atoms with E-state index in [1.807, 2.05) is 11.0 Å². The molecule has 1 fully saturated rings. The lowest BCUT2D eigenvalue weighted by atomic mass is 10.2. The van der Waals surface area contributed by atoms with Crippen LogP contribution in [0.4, 0.5) is 10.6 Å². The average molecular weight is 360 g/mol. The van der Waals surface area contributed by atoms with Crippen molar-refractivity contribution in [3.05, 3.63) is 18.1 Å². The van der Waals surface area contributed by atoms with Crippen molar-refractivity contribution in [1.29, 1.82) is 5.26 Å². The molecule has 140 valence electrons. The Bertz CT molecular complexity index is 709. The molecule has 0 unspecified atom stereocenters. The van der Waals surface area contributed by atoms with E-state index >= 15 is 0 Å². The lowest BCUT2D eigenvalue weighted by molar-refractivity contribution is -0.123. The summed E-state index contributed by atoms with van der Waals surface area (Å²) >= 11 is 0. The highest BCUT2D eigenvalue weighted by atomic mass is 16.6. The second-order valence-corrected chi connectivity index (χ2v) is 7.15.